The molecule has 36 heavy (non-hydrogen) atoms. The van der Waals surface area contributed by atoms with Crippen LogP contribution in [0.3, 0.4) is 0 Å². The summed E-state index contributed by atoms with van der Waals surface area (Å²) >= 11 is 0. The molecular formula is C24H28N10O2. The van der Waals surface area contributed by atoms with E-state index in [2.05, 4.69) is 71.5 Å². The number of piperazine rings is 1. The molecular weight excluding hydrogens is 460 g/mol. The first-order valence-electron chi connectivity index (χ1n) is 12.1. The van der Waals surface area contributed by atoms with Crippen LogP contribution in [0, 0.1) is 0 Å². The highest BCUT2D eigenvalue weighted by atomic mass is 16.3. The first-order valence-corrected chi connectivity index (χ1v) is 12.1. The van der Waals surface area contributed by atoms with Crippen molar-refractivity contribution in [1.82, 2.24) is 34.4 Å². The van der Waals surface area contributed by atoms with Gasteiger partial charge in [-0.15, -0.1) is 0 Å². The molecule has 0 amide bonds. The topological polar surface area (TPSA) is 143 Å². The highest BCUT2D eigenvalue weighted by Gasteiger charge is 2.21. The van der Waals surface area contributed by atoms with Gasteiger partial charge in [-0.05, 0) is 43.7 Å². The second-order valence-corrected chi connectivity index (χ2v) is 9.34. The van der Waals surface area contributed by atoms with Crippen molar-refractivity contribution in [2.75, 3.05) is 43.4 Å². The Morgan fingerprint density at radius 1 is 1.14 bits per heavy atom. The number of likely N-dealkylation sites (N-methyl/N-ethyl adjacent to an activating group) is 1. The maximum atomic E-state index is 11.5. The number of hydrogen-bond donors (Lipinski definition) is 4. The Labute approximate surface area is 206 Å². The summed E-state index contributed by atoms with van der Waals surface area (Å²) in [4.78, 5) is 35.1. The van der Waals surface area contributed by atoms with Crippen LogP contribution in [0.4, 0.5) is 11.6 Å². The van der Waals surface area contributed by atoms with Crippen LogP contribution in [0.25, 0.3) is 11.7 Å². The molecule has 1 aliphatic heterocycles. The maximum Gasteiger partial charge on any atom is 0.326 e. The van der Waals surface area contributed by atoms with Crippen molar-refractivity contribution in [3.05, 3.63) is 63.0 Å². The van der Waals surface area contributed by atoms with Crippen LogP contribution in [0.1, 0.15) is 24.1 Å². The lowest BCUT2D eigenvalue weighted by Gasteiger charge is -2.34. The molecule has 4 heterocycles. The van der Waals surface area contributed by atoms with Gasteiger partial charge in [0.2, 0.25) is 11.8 Å². The first-order chi connectivity index (χ1) is 17.5. The van der Waals surface area contributed by atoms with Crippen LogP contribution in [-0.4, -0.2) is 78.8 Å². The molecule has 0 bridgehead atoms. The Hall–Kier alpha value is -4.19. The molecule has 2 fully saturated rings. The fourth-order valence-corrected chi connectivity index (χ4v) is 4.23. The molecule has 1 aliphatic carbocycles. The molecule has 3 aromatic heterocycles. The summed E-state index contributed by atoms with van der Waals surface area (Å²) in [5.74, 6) is 0.196. The maximum absolute atomic E-state index is 11.5. The smallest absolute Gasteiger partial charge is 0.326 e. The monoisotopic (exact) mass is 488 g/mol. The third kappa shape index (κ3) is 4.67. The molecule has 0 spiro atoms. The zero-order valence-corrected chi connectivity index (χ0v) is 20.0. The summed E-state index contributed by atoms with van der Waals surface area (Å²) < 4.78 is 1.59. The Kier molecular flexibility index (Phi) is 5.64. The van der Waals surface area contributed by atoms with E-state index in [4.69, 9.17) is 4.99 Å². The highest BCUT2D eigenvalue weighted by Crippen LogP contribution is 2.22. The van der Waals surface area contributed by atoms with Crippen molar-refractivity contribution < 1.29 is 5.11 Å². The van der Waals surface area contributed by atoms with Gasteiger partial charge < -0.3 is 25.2 Å². The number of imidazole rings is 1. The van der Waals surface area contributed by atoms with Gasteiger partial charge in [0.05, 0.1) is 12.2 Å². The van der Waals surface area contributed by atoms with E-state index in [0.717, 1.165) is 44.6 Å². The molecule has 6 rings (SSSR count). The molecule has 1 saturated carbocycles. The number of rotatable bonds is 6. The van der Waals surface area contributed by atoms with Gasteiger partial charge in [-0.3, -0.25) is 4.98 Å². The van der Waals surface area contributed by atoms with Crippen molar-refractivity contribution >= 4 is 23.4 Å². The SMILES string of the molecule is CN1CCN(c2ccc(CNc3nc(=NC4CC4)n4nc/c(=C\c5[nH]c(=O)[nH]c5O)c4n3)cc2)CC1. The molecule has 0 unspecified atom stereocenters. The highest BCUT2D eigenvalue weighted by molar-refractivity contribution is 5.57. The molecule has 0 radical (unpaired) electrons. The number of benzene rings is 1. The van der Waals surface area contributed by atoms with Gasteiger partial charge >= 0.3 is 5.69 Å². The number of aromatic hydroxyl groups is 1. The van der Waals surface area contributed by atoms with Crippen molar-refractivity contribution in [3.8, 4) is 5.88 Å². The van der Waals surface area contributed by atoms with Gasteiger partial charge in [-0.1, -0.05) is 12.1 Å². The lowest BCUT2D eigenvalue weighted by Crippen LogP contribution is -2.44. The Morgan fingerprint density at radius 2 is 1.92 bits per heavy atom. The van der Waals surface area contributed by atoms with E-state index in [0.29, 0.717) is 29.0 Å². The molecule has 12 nitrogen and oxygen atoms in total. The number of H-pyrrole nitrogens is 2. The van der Waals surface area contributed by atoms with Crippen molar-refractivity contribution in [1.29, 1.82) is 0 Å². The largest absolute Gasteiger partial charge is 0.493 e. The van der Waals surface area contributed by atoms with E-state index >= 15 is 0 Å². The van der Waals surface area contributed by atoms with E-state index in [1.165, 1.54) is 5.69 Å². The zero-order chi connectivity index (χ0) is 24.6. The first kappa shape index (κ1) is 22.3. The summed E-state index contributed by atoms with van der Waals surface area (Å²) in [6.07, 6.45) is 5.30. The fourth-order valence-electron chi connectivity index (χ4n) is 4.23. The number of anilines is 2. The van der Waals surface area contributed by atoms with Crippen LogP contribution >= 0.6 is 0 Å². The summed E-state index contributed by atoms with van der Waals surface area (Å²) in [6.45, 7) is 4.78. The van der Waals surface area contributed by atoms with Gasteiger partial charge in [0.1, 0.15) is 5.69 Å². The van der Waals surface area contributed by atoms with Crippen LogP contribution < -0.4 is 26.7 Å². The predicted molar refractivity (Wildman–Crippen MR) is 135 cm³/mol. The van der Waals surface area contributed by atoms with E-state index in [9.17, 15) is 9.90 Å². The summed E-state index contributed by atoms with van der Waals surface area (Å²) in [6, 6.07) is 8.82. The Bertz CT molecular complexity index is 1560. The molecule has 12 heteroatoms. The van der Waals surface area contributed by atoms with E-state index < -0.39 is 5.69 Å². The standard InChI is InChI=1S/C24H28N10O2/c1-32-8-10-33(11-9-32)18-6-2-15(3-7-18)13-25-22-29-20-16(12-19-21(35)30-24(36)28-19)14-26-34(20)23(31-22)27-17-4-5-17/h2-3,6-7,12,14,17,35H,4-5,8-11,13H2,1H3,(H,25,27,31)(H2,28,30,36)/b16-12+. The molecule has 2 aliphatic rings. The summed E-state index contributed by atoms with van der Waals surface area (Å²) in [5.41, 5.74) is 3.12. The molecule has 1 saturated heterocycles. The van der Waals surface area contributed by atoms with Crippen LogP contribution in [0.2, 0.25) is 0 Å². The minimum absolute atomic E-state index is 0.241. The van der Waals surface area contributed by atoms with E-state index in [-0.39, 0.29) is 17.6 Å². The number of hydrogen-bond acceptors (Lipinski definition) is 9. The Balaban J connectivity index is 1.27. The van der Waals surface area contributed by atoms with E-state index in [1.54, 1.807) is 16.8 Å². The van der Waals surface area contributed by atoms with Crippen molar-refractivity contribution in [2.24, 2.45) is 4.99 Å². The van der Waals surface area contributed by atoms with Gasteiger partial charge in [0.25, 0.3) is 5.62 Å². The van der Waals surface area contributed by atoms with Gasteiger partial charge in [-0.25, -0.2) is 9.79 Å². The van der Waals surface area contributed by atoms with Crippen LogP contribution in [-0.2, 0) is 6.54 Å². The van der Waals surface area contributed by atoms with Crippen LogP contribution in [0.15, 0.2) is 40.2 Å². The molecule has 4 N–H and O–H groups in total. The van der Waals surface area contributed by atoms with E-state index in [1.807, 2.05) is 0 Å². The predicted octanol–water partition coefficient (Wildman–Crippen LogP) is -0.179. The second kappa shape index (κ2) is 9.11. The van der Waals surface area contributed by atoms with Gasteiger partial charge in [0, 0.05) is 43.6 Å². The van der Waals surface area contributed by atoms with Crippen LogP contribution in [0.5, 0.6) is 5.88 Å². The molecule has 0 atom stereocenters. The average molecular weight is 489 g/mol. The molecule has 4 aromatic rings. The number of nitrogens with zero attached hydrogens (tertiary/aromatic N) is 7. The van der Waals surface area contributed by atoms with Gasteiger partial charge in [0.15, 0.2) is 5.65 Å². The van der Waals surface area contributed by atoms with Gasteiger partial charge in [-0.2, -0.15) is 19.6 Å². The molecule has 1 aromatic carbocycles. The third-order valence-corrected chi connectivity index (χ3v) is 6.51. The average Bonchev–Trinajstić information content (AvgIpc) is 3.51. The minimum atomic E-state index is -0.490. The zero-order valence-electron chi connectivity index (χ0n) is 20.0. The lowest BCUT2D eigenvalue weighted by atomic mass is 10.2. The fraction of sp³-hybridized carbons (Fsp3) is 0.375. The second-order valence-electron chi connectivity index (χ2n) is 9.34. The normalized spacial score (nSPS) is 17.9. The number of fused-ring (bicyclic) bond motifs is 1. The quantitative estimate of drug-likeness (QED) is 0.293. The summed E-state index contributed by atoms with van der Waals surface area (Å²) in [5, 5.41) is 18.3. The third-order valence-electron chi connectivity index (χ3n) is 6.51. The minimum Gasteiger partial charge on any atom is -0.493 e. The molecule has 186 valence electrons. The Morgan fingerprint density at radius 3 is 2.61 bits per heavy atom. The van der Waals surface area contributed by atoms with Crippen molar-refractivity contribution in [3.63, 3.8) is 0 Å². The summed E-state index contributed by atoms with van der Waals surface area (Å²) in [7, 11) is 2.16. The number of nitrogens with one attached hydrogen (secondary N) is 3. The lowest BCUT2D eigenvalue weighted by molar-refractivity contribution is 0.313. The van der Waals surface area contributed by atoms with Crippen molar-refractivity contribution in [2.45, 2.75) is 25.4 Å². The number of aromatic nitrogens is 6. The number of aromatic amines is 2.